The van der Waals surface area contributed by atoms with Crippen LogP contribution < -0.4 is 25.3 Å². The molecule has 0 bridgehead atoms. The SMILES string of the molecule is COc1cc(C(C)NC(=O)c2ccc(CN)cc2)cc(OC)c1OC. The number of rotatable bonds is 7. The van der Waals surface area contributed by atoms with Crippen LogP contribution in [0.5, 0.6) is 17.2 Å². The smallest absolute Gasteiger partial charge is 0.251 e. The number of amides is 1. The molecule has 1 atom stereocenters. The first kappa shape index (κ1) is 18.6. The molecule has 6 heteroatoms. The topological polar surface area (TPSA) is 82.8 Å². The highest BCUT2D eigenvalue weighted by molar-refractivity contribution is 5.94. The van der Waals surface area contributed by atoms with E-state index in [0.29, 0.717) is 29.4 Å². The third-order valence-corrected chi connectivity index (χ3v) is 3.99. The Bertz CT molecular complexity index is 704. The van der Waals surface area contributed by atoms with E-state index >= 15 is 0 Å². The Morgan fingerprint density at radius 1 is 1.04 bits per heavy atom. The van der Waals surface area contributed by atoms with Gasteiger partial charge in [-0.2, -0.15) is 0 Å². The molecule has 0 saturated carbocycles. The average Bonchev–Trinajstić information content (AvgIpc) is 2.66. The maximum Gasteiger partial charge on any atom is 0.251 e. The fraction of sp³-hybridized carbons (Fsp3) is 0.316. The van der Waals surface area contributed by atoms with Crippen molar-refractivity contribution in [2.45, 2.75) is 19.5 Å². The maximum absolute atomic E-state index is 12.4. The predicted molar refractivity (Wildman–Crippen MR) is 96.3 cm³/mol. The molecule has 0 spiro atoms. The Morgan fingerprint density at radius 2 is 1.60 bits per heavy atom. The Balaban J connectivity index is 2.21. The summed E-state index contributed by atoms with van der Waals surface area (Å²) in [5.74, 6) is 1.45. The molecule has 0 aromatic heterocycles. The Kier molecular flexibility index (Phi) is 6.25. The molecule has 25 heavy (non-hydrogen) atoms. The van der Waals surface area contributed by atoms with Crippen LogP contribution >= 0.6 is 0 Å². The van der Waals surface area contributed by atoms with Gasteiger partial charge >= 0.3 is 0 Å². The number of carbonyl (C=O) groups excluding carboxylic acids is 1. The minimum atomic E-state index is -0.240. The number of nitrogens with one attached hydrogen (secondary N) is 1. The van der Waals surface area contributed by atoms with Crippen LogP contribution in [0.1, 0.15) is 34.5 Å². The summed E-state index contributed by atoms with van der Waals surface area (Å²) in [6.07, 6.45) is 0. The van der Waals surface area contributed by atoms with E-state index in [1.165, 1.54) is 0 Å². The molecule has 2 aromatic carbocycles. The van der Waals surface area contributed by atoms with E-state index in [1.807, 2.05) is 31.2 Å². The normalized spacial score (nSPS) is 11.6. The number of methoxy groups -OCH3 is 3. The van der Waals surface area contributed by atoms with Gasteiger partial charge in [0.2, 0.25) is 5.75 Å². The van der Waals surface area contributed by atoms with Crippen molar-refractivity contribution in [1.82, 2.24) is 5.32 Å². The summed E-state index contributed by atoms with van der Waals surface area (Å²) in [5, 5.41) is 2.97. The van der Waals surface area contributed by atoms with Crippen molar-refractivity contribution in [2.75, 3.05) is 21.3 Å². The highest BCUT2D eigenvalue weighted by atomic mass is 16.5. The molecule has 2 rings (SSSR count). The third kappa shape index (κ3) is 4.22. The molecule has 6 nitrogen and oxygen atoms in total. The van der Waals surface area contributed by atoms with Gasteiger partial charge in [-0.1, -0.05) is 12.1 Å². The van der Waals surface area contributed by atoms with Gasteiger partial charge in [-0.15, -0.1) is 0 Å². The molecule has 3 N–H and O–H groups in total. The van der Waals surface area contributed by atoms with Gasteiger partial charge in [0.1, 0.15) is 0 Å². The number of hydrogen-bond donors (Lipinski definition) is 2. The summed E-state index contributed by atoms with van der Waals surface area (Å²) in [6, 6.07) is 10.6. The van der Waals surface area contributed by atoms with Gasteiger partial charge in [0, 0.05) is 12.1 Å². The van der Waals surface area contributed by atoms with E-state index in [4.69, 9.17) is 19.9 Å². The Morgan fingerprint density at radius 3 is 2.04 bits per heavy atom. The lowest BCUT2D eigenvalue weighted by Crippen LogP contribution is -2.26. The zero-order valence-corrected chi connectivity index (χ0v) is 15.0. The summed E-state index contributed by atoms with van der Waals surface area (Å²) in [7, 11) is 4.67. The van der Waals surface area contributed by atoms with Gasteiger partial charge < -0.3 is 25.3 Å². The first-order valence-corrected chi connectivity index (χ1v) is 7.93. The van der Waals surface area contributed by atoms with Gasteiger partial charge in [-0.25, -0.2) is 0 Å². The second-order valence-corrected chi connectivity index (χ2v) is 5.55. The zero-order chi connectivity index (χ0) is 18.4. The molecule has 0 aliphatic rings. The molecular formula is C19H24N2O4. The molecule has 0 saturated heterocycles. The highest BCUT2D eigenvalue weighted by Gasteiger charge is 2.18. The van der Waals surface area contributed by atoms with Crippen LogP contribution in [-0.2, 0) is 6.54 Å². The van der Waals surface area contributed by atoms with E-state index < -0.39 is 0 Å². The summed E-state index contributed by atoms with van der Waals surface area (Å²) in [4.78, 5) is 12.4. The van der Waals surface area contributed by atoms with E-state index in [2.05, 4.69) is 5.32 Å². The van der Waals surface area contributed by atoms with Gasteiger partial charge in [0.05, 0.1) is 27.4 Å². The lowest BCUT2D eigenvalue weighted by Gasteiger charge is -2.19. The number of hydrogen-bond acceptors (Lipinski definition) is 5. The first-order valence-electron chi connectivity index (χ1n) is 7.93. The fourth-order valence-electron chi connectivity index (χ4n) is 2.51. The Hall–Kier alpha value is -2.73. The van der Waals surface area contributed by atoms with Crippen LogP contribution in [-0.4, -0.2) is 27.2 Å². The van der Waals surface area contributed by atoms with E-state index in [-0.39, 0.29) is 11.9 Å². The van der Waals surface area contributed by atoms with Crippen LogP contribution in [0.4, 0.5) is 0 Å². The van der Waals surface area contributed by atoms with Gasteiger partial charge in [-0.05, 0) is 42.3 Å². The monoisotopic (exact) mass is 344 g/mol. The van der Waals surface area contributed by atoms with Crippen LogP contribution in [0.2, 0.25) is 0 Å². The number of benzene rings is 2. The summed E-state index contributed by atoms with van der Waals surface area (Å²) < 4.78 is 16.0. The lowest BCUT2D eigenvalue weighted by atomic mass is 10.1. The largest absolute Gasteiger partial charge is 0.493 e. The van der Waals surface area contributed by atoms with Crippen molar-refractivity contribution >= 4 is 5.91 Å². The predicted octanol–water partition coefficient (Wildman–Crippen LogP) is 2.66. The quantitative estimate of drug-likeness (QED) is 0.807. The number of ether oxygens (including phenoxy) is 3. The van der Waals surface area contributed by atoms with Gasteiger partial charge in [0.15, 0.2) is 11.5 Å². The lowest BCUT2D eigenvalue weighted by molar-refractivity contribution is 0.0939. The number of nitrogens with two attached hydrogens (primary N) is 1. The minimum Gasteiger partial charge on any atom is -0.493 e. The van der Waals surface area contributed by atoms with E-state index in [9.17, 15) is 4.79 Å². The average molecular weight is 344 g/mol. The van der Waals surface area contributed by atoms with Crippen molar-refractivity contribution in [3.05, 3.63) is 53.1 Å². The molecule has 0 aliphatic heterocycles. The van der Waals surface area contributed by atoms with Crippen LogP contribution in [0, 0.1) is 0 Å². The summed E-state index contributed by atoms with van der Waals surface area (Å²) >= 11 is 0. The van der Waals surface area contributed by atoms with Gasteiger partial charge in [-0.3, -0.25) is 4.79 Å². The molecule has 0 fully saturated rings. The van der Waals surface area contributed by atoms with Crippen LogP contribution in [0.3, 0.4) is 0 Å². The van der Waals surface area contributed by atoms with Crippen molar-refractivity contribution in [3.63, 3.8) is 0 Å². The molecule has 0 heterocycles. The van der Waals surface area contributed by atoms with Crippen LogP contribution in [0.15, 0.2) is 36.4 Å². The molecule has 1 unspecified atom stereocenters. The minimum absolute atomic E-state index is 0.162. The van der Waals surface area contributed by atoms with Crippen molar-refractivity contribution < 1.29 is 19.0 Å². The molecular weight excluding hydrogens is 320 g/mol. The second kappa shape index (κ2) is 8.39. The standard InChI is InChI=1S/C19H24N2O4/c1-12(21-19(22)14-7-5-13(11-20)6-8-14)15-9-16(23-2)18(25-4)17(10-15)24-3/h5-10,12H,11,20H2,1-4H3,(H,21,22). The molecule has 0 aliphatic carbocycles. The number of carbonyl (C=O) groups is 1. The third-order valence-electron chi connectivity index (χ3n) is 3.99. The zero-order valence-electron chi connectivity index (χ0n) is 15.0. The van der Waals surface area contributed by atoms with Crippen LogP contribution in [0.25, 0.3) is 0 Å². The summed E-state index contributed by atoms with van der Waals surface area (Å²) in [5.41, 5.74) is 7.99. The van der Waals surface area contributed by atoms with Crippen molar-refractivity contribution in [1.29, 1.82) is 0 Å². The molecule has 2 aromatic rings. The van der Waals surface area contributed by atoms with Crippen molar-refractivity contribution in [2.24, 2.45) is 5.73 Å². The summed E-state index contributed by atoms with van der Waals surface area (Å²) in [6.45, 7) is 2.34. The maximum atomic E-state index is 12.4. The van der Waals surface area contributed by atoms with E-state index in [0.717, 1.165) is 11.1 Å². The Labute approximate surface area is 147 Å². The molecule has 134 valence electrons. The fourth-order valence-corrected chi connectivity index (χ4v) is 2.51. The first-order chi connectivity index (χ1) is 12.0. The second-order valence-electron chi connectivity index (χ2n) is 5.55. The highest BCUT2D eigenvalue weighted by Crippen LogP contribution is 2.39. The molecule has 1 amide bonds. The van der Waals surface area contributed by atoms with E-state index in [1.54, 1.807) is 33.5 Å². The van der Waals surface area contributed by atoms with Crippen molar-refractivity contribution in [3.8, 4) is 17.2 Å². The molecule has 0 radical (unpaired) electrons. The van der Waals surface area contributed by atoms with Gasteiger partial charge in [0.25, 0.3) is 5.91 Å².